The Bertz CT molecular complexity index is 1500. The van der Waals surface area contributed by atoms with Crippen molar-refractivity contribution in [2.75, 3.05) is 56.8 Å². The van der Waals surface area contributed by atoms with E-state index in [2.05, 4.69) is 10.1 Å². The molecular formula is C31H37F5N4O5. The van der Waals surface area contributed by atoms with Gasteiger partial charge in [0.1, 0.15) is 29.4 Å². The summed E-state index contributed by atoms with van der Waals surface area (Å²) in [7, 11) is 4.03. The molecule has 0 atom stereocenters. The number of hydrogen-bond acceptors (Lipinski definition) is 7. The fourth-order valence-electron chi connectivity index (χ4n) is 4.23. The molecule has 0 saturated carbocycles. The first-order chi connectivity index (χ1) is 21.2. The summed E-state index contributed by atoms with van der Waals surface area (Å²) in [5.41, 5.74) is -0.935. The van der Waals surface area contributed by atoms with Gasteiger partial charge in [0.25, 0.3) is 11.5 Å². The summed E-state index contributed by atoms with van der Waals surface area (Å²) < 4.78 is 78.2. The molecule has 1 saturated heterocycles. The number of rotatable bonds is 6. The summed E-state index contributed by atoms with van der Waals surface area (Å²) in [6, 6.07) is 10.1. The highest BCUT2D eigenvalue weighted by Crippen LogP contribution is 2.36. The minimum absolute atomic E-state index is 0.350. The van der Waals surface area contributed by atoms with E-state index in [1.807, 2.05) is 26.8 Å². The number of alkyl halides is 3. The number of ether oxygens (including phenoxy) is 2. The lowest BCUT2D eigenvalue weighted by Crippen LogP contribution is -2.36. The van der Waals surface area contributed by atoms with Gasteiger partial charge in [0.05, 0.1) is 25.9 Å². The van der Waals surface area contributed by atoms with Crippen LogP contribution in [-0.4, -0.2) is 63.4 Å². The Morgan fingerprint density at radius 2 is 1.64 bits per heavy atom. The molecule has 2 aromatic carbocycles. The van der Waals surface area contributed by atoms with Crippen molar-refractivity contribution >= 4 is 28.9 Å². The second kappa shape index (κ2) is 16.6. The topological polar surface area (TPSA) is 93.1 Å². The van der Waals surface area contributed by atoms with Gasteiger partial charge >= 0.3 is 12.1 Å². The maximum absolute atomic E-state index is 14.0. The van der Waals surface area contributed by atoms with Crippen LogP contribution >= 0.6 is 0 Å². The Hall–Kier alpha value is -4.46. The number of carbonyl (C=O) groups is 2. The van der Waals surface area contributed by atoms with Crippen molar-refractivity contribution in [3.05, 3.63) is 87.3 Å². The van der Waals surface area contributed by atoms with Gasteiger partial charge in [-0.3, -0.25) is 14.4 Å². The number of anilines is 3. The summed E-state index contributed by atoms with van der Waals surface area (Å²) in [6.07, 6.45) is -3.46. The van der Waals surface area contributed by atoms with Crippen LogP contribution in [0, 0.1) is 18.6 Å². The number of aromatic nitrogens is 1. The molecule has 0 bridgehead atoms. The number of morpholine rings is 1. The summed E-state index contributed by atoms with van der Waals surface area (Å²) >= 11 is 0. The number of benzene rings is 2. The molecule has 0 unspecified atom stereocenters. The Balaban J connectivity index is 0.000000297. The summed E-state index contributed by atoms with van der Waals surface area (Å²) in [5.74, 6) is -3.68. The van der Waals surface area contributed by atoms with Crippen LogP contribution in [0.3, 0.4) is 0 Å². The standard InChI is InChI=1S/C15H15F3N2O.C14H16F2N2O4.C2H6/c1-10-5-4-6-11(9-10)20(3)13-12(15(16,17)18)7-8-19(2)14(13)21;1-21-12(19)8-17-14(20)13-10(15)6-9(7-11(13)16)18-2-4-22-5-3-18;1-2/h4-9H,1-3H3;6-7H,2-5,8H2,1H3,(H,17,20);1-2H3. The quantitative estimate of drug-likeness (QED) is 0.292. The lowest BCUT2D eigenvalue weighted by atomic mass is 10.1. The Morgan fingerprint density at radius 3 is 2.18 bits per heavy atom. The number of aryl methyl sites for hydroxylation is 2. The number of hydrogen-bond donors (Lipinski definition) is 1. The highest BCUT2D eigenvalue weighted by molar-refractivity contribution is 5.96. The number of halogens is 5. The van der Waals surface area contributed by atoms with Gasteiger partial charge in [-0.1, -0.05) is 26.0 Å². The maximum atomic E-state index is 14.0. The van der Waals surface area contributed by atoms with Crippen molar-refractivity contribution < 1.29 is 41.0 Å². The van der Waals surface area contributed by atoms with E-state index in [9.17, 15) is 36.3 Å². The monoisotopic (exact) mass is 640 g/mol. The van der Waals surface area contributed by atoms with Crippen molar-refractivity contribution in [1.29, 1.82) is 0 Å². The highest BCUT2D eigenvalue weighted by Gasteiger charge is 2.36. The van der Waals surface area contributed by atoms with Crippen molar-refractivity contribution in [2.24, 2.45) is 7.05 Å². The zero-order valence-corrected chi connectivity index (χ0v) is 25.9. The molecule has 0 radical (unpaired) electrons. The third-order valence-electron chi connectivity index (χ3n) is 6.52. The van der Waals surface area contributed by atoms with E-state index in [1.165, 1.54) is 19.0 Å². The smallest absolute Gasteiger partial charge is 0.418 e. The average molecular weight is 641 g/mol. The number of nitrogens with one attached hydrogen (secondary N) is 1. The van der Waals surface area contributed by atoms with E-state index < -0.39 is 52.9 Å². The molecule has 246 valence electrons. The van der Waals surface area contributed by atoms with Gasteiger partial charge in [-0.2, -0.15) is 13.2 Å². The van der Waals surface area contributed by atoms with Crippen molar-refractivity contribution in [3.63, 3.8) is 0 Å². The predicted octanol–water partition coefficient (Wildman–Crippen LogP) is 5.21. The first kappa shape index (κ1) is 36.7. The van der Waals surface area contributed by atoms with Crippen LogP contribution in [0.2, 0.25) is 0 Å². The van der Waals surface area contributed by atoms with Crippen LogP contribution in [0.15, 0.2) is 53.5 Å². The Labute approximate surface area is 258 Å². The van der Waals surface area contributed by atoms with Gasteiger partial charge in [-0.25, -0.2) is 8.78 Å². The molecule has 1 aliphatic rings. The van der Waals surface area contributed by atoms with Crippen LogP contribution in [0.5, 0.6) is 0 Å². The molecule has 3 aromatic rings. The molecule has 9 nitrogen and oxygen atoms in total. The molecule has 2 heterocycles. The van der Waals surface area contributed by atoms with E-state index in [0.29, 0.717) is 37.7 Å². The number of nitrogens with zero attached hydrogens (tertiary/aromatic N) is 3. The van der Waals surface area contributed by atoms with Crippen LogP contribution in [0.4, 0.5) is 39.0 Å². The number of pyridine rings is 1. The molecule has 1 aromatic heterocycles. The van der Waals surface area contributed by atoms with E-state index in [-0.39, 0.29) is 5.69 Å². The molecule has 1 aliphatic heterocycles. The maximum Gasteiger partial charge on any atom is 0.418 e. The van der Waals surface area contributed by atoms with Gasteiger partial charge < -0.3 is 29.2 Å². The number of amides is 1. The molecule has 1 fully saturated rings. The third kappa shape index (κ3) is 9.76. The molecule has 0 aliphatic carbocycles. The number of methoxy groups -OCH3 is 1. The normalized spacial score (nSPS) is 12.6. The second-order valence-electron chi connectivity index (χ2n) is 9.53. The van der Waals surface area contributed by atoms with Gasteiger partial charge in [0.15, 0.2) is 0 Å². The van der Waals surface area contributed by atoms with Crippen LogP contribution < -0.4 is 20.7 Å². The van der Waals surface area contributed by atoms with E-state index in [4.69, 9.17) is 4.74 Å². The predicted molar refractivity (Wildman–Crippen MR) is 161 cm³/mol. The SMILES string of the molecule is CC.COC(=O)CNC(=O)c1c(F)cc(N2CCOCC2)cc1F.Cc1cccc(N(C)c2c(C(F)(F)F)ccn(C)c2=O)c1. The van der Waals surface area contributed by atoms with Crippen molar-refractivity contribution in [1.82, 2.24) is 9.88 Å². The van der Waals surface area contributed by atoms with Gasteiger partial charge in [-0.15, -0.1) is 0 Å². The van der Waals surface area contributed by atoms with Crippen LogP contribution in [0.1, 0.15) is 35.3 Å². The van der Waals surface area contributed by atoms with E-state index in [0.717, 1.165) is 41.6 Å². The van der Waals surface area contributed by atoms with Crippen molar-refractivity contribution in [2.45, 2.75) is 26.9 Å². The summed E-state index contributed by atoms with van der Waals surface area (Å²) in [5, 5.41) is 2.10. The fraction of sp³-hybridized carbons (Fsp3) is 0.387. The fourth-order valence-corrected chi connectivity index (χ4v) is 4.23. The average Bonchev–Trinajstić information content (AvgIpc) is 3.01. The zero-order valence-electron chi connectivity index (χ0n) is 25.9. The first-order valence-electron chi connectivity index (χ1n) is 14.0. The van der Waals surface area contributed by atoms with Gasteiger partial charge in [-0.05, 0) is 42.8 Å². The van der Waals surface area contributed by atoms with Crippen LogP contribution in [0.25, 0.3) is 0 Å². The van der Waals surface area contributed by atoms with E-state index in [1.54, 1.807) is 23.1 Å². The molecule has 0 spiro atoms. The Morgan fingerprint density at radius 1 is 1.04 bits per heavy atom. The second-order valence-corrected chi connectivity index (χ2v) is 9.53. The van der Waals surface area contributed by atoms with Gasteiger partial charge in [0.2, 0.25) is 0 Å². The molecular weight excluding hydrogens is 603 g/mol. The molecule has 14 heteroatoms. The zero-order chi connectivity index (χ0) is 33.9. The molecule has 45 heavy (non-hydrogen) atoms. The third-order valence-corrected chi connectivity index (χ3v) is 6.52. The largest absolute Gasteiger partial charge is 0.468 e. The summed E-state index contributed by atoms with van der Waals surface area (Å²) in [6.45, 7) is 7.37. The lowest BCUT2D eigenvalue weighted by Gasteiger charge is -2.29. The lowest BCUT2D eigenvalue weighted by molar-refractivity contribution is -0.139. The van der Waals surface area contributed by atoms with Crippen LogP contribution in [-0.2, 0) is 27.5 Å². The minimum atomic E-state index is -4.58. The minimum Gasteiger partial charge on any atom is -0.468 e. The van der Waals surface area contributed by atoms with Gasteiger partial charge in [0, 0.05) is 44.8 Å². The molecule has 1 amide bonds. The highest BCUT2D eigenvalue weighted by atomic mass is 19.4. The first-order valence-corrected chi connectivity index (χ1v) is 14.0. The molecule has 4 rings (SSSR count). The van der Waals surface area contributed by atoms with E-state index >= 15 is 0 Å². The number of carbonyl (C=O) groups excluding carboxylic acids is 2. The summed E-state index contributed by atoms with van der Waals surface area (Å²) in [4.78, 5) is 37.9. The molecule has 1 N–H and O–H groups in total. The number of esters is 1. The van der Waals surface area contributed by atoms with Crippen molar-refractivity contribution in [3.8, 4) is 0 Å². The Kier molecular flexibility index (Phi) is 13.5.